The minimum absolute atomic E-state index is 0.0341. The van der Waals surface area contributed by atoms with Gasteiger partial charge >= 0.3 is 0 Å². The quantitative estimate of drug-likeness (QED) is 0.616. The Morgan fingerprint density at radius 3 is 2.54 bits per heavy atom. The molecule has 1 heterocycles. The highest BCUT2D eigenvalue weighted by molar-refractivity contribution is 4.81. The molecule has 1 atom stereocenters. The van der Waals surface area contributed by atoms with Crippen molar-refractivity contribution in [2.75, 3.05) is 20.1 Å². The summed E-state index contributed by atoms with van der Waals surface area (Å²) in [7, 11) is 2.01. The molecule has 13 heavy (non-hydrogen) atoms. The summed E-state index contributed by atoms with van der Waals surface area (Å²) in [5.41, 5.74) is 0.0341. The van der Waals surface area contributed by atoms with Crippen LogP contribution in [0.3, 0.4) is 0 Å². The van der Waals surface area contributed by atoms with Gasteiger partial charge in [0.2, 0.25) is 6.43 Å². The Hall–Kier alpha value is -0.180. The summed E-state index contributed by atoms with van der Waals surface area (Å²) in [5, 5.41) is 0. The van der Waals surface area contributed by atoms with E-state index in [0.717, 1.165) is 13.1 Å². The van der Waals surface area contributed by atoms with Crippen LogP contribution in [-0.4, -0.2) is 31.5 Å². The number of hydrogen-bond acceptors (Lipinski definition) is 1. The molecular formula is C10H19F2N. The number of halogens is 2. The van der Waals surface area contributed by atoms with Gasteiger partial charge in [-0.2, -0.15) is 0 Å². The van der Waals surface area contributed by atoms with Crippen LogP contribution < -0.4 is 0 Å². The second-order valence-corrected chi connectivity index (χ2v) is 4.99. The minimum atomic E-state index is -2.15. The maximum absolute atomic E-state index is 12.6. The molecule has 0 saturated carbocycles. The third-order valence-electron chi connectivity index (χ3n) is 2.75. The fourth-order valence-electron chi connectivity index (χ4n) is 2.29. The van der Waals surface area contributed by atoms with E-state index in [1.165, 1.54) is 0 Å². The topological polar surface area (TPSA) is 3.24 Å². The van der Waals surface area contributed by atoms with E-state index in [2.05, 4.69) is 18.7 Å². The van der Waals surface area contributed by atoms with Gasteiger partial charge in [-0.15, -0.1) is 0 Å². The average molecular weight is 191 g/mol. The van der Waals surface area contributed by atoms with Gasteiger partial charge in [-0.1, -0.05) is 13.8 Å². The third kappa shape index (κ3) is 3.22. The Kier molecular flexibility index (Phi) is 3.28. The normalized spacial score (nSPS) is 30.5. The lowest BCUT2D eigenvalue weighted by atomic mass is 9.83. The zero-order valence-corrected chi connectivity index (χ0v) is 8.69. The molecule has 0 aromatic carbocycles. The van der Waals surface area contributed by atoms with Crippen molar-refractivity contribution in [1.29, 1.82) is 0 Å². The van der Waals surface area contributed by atoms with Gasteiger partial charge in [0, 0.05) is 12.5 Å². The minimum Gasteiger partial charge on any atom is -0.306 e. The highest BCUT2D eigenvalue weighted by Gasteiger charge is 2.32. The molecule has 1 rings (SSSR count). The highest BCUT2D eigenvalue weighted by atomic mass is 19.3. The number of hydrogen-bond donors (Lipinski definition) is 0. The predicted molar refractivity (Wildman–Crippen MR) is 50.0 cm³/mol. The van der Waals surface area contributed by atoms with Crippen LogP contribution in [0.4, 0.5) is 8.78 Å². The van der Waals surface area contributed by atoms with E-state index in [1.807, 2.05) is 7.05 Å². The molecule has 0 aromatic heterocycles. The molecule has 1 saturated heterocycles. The van der Waals surface area contributed by atoms with Crippen LogP contribution in [0.15, 0.2) is 0 Å². The lowest BCUT2D eigenvalue weighted by Gasteiger charge is -2.28. The maximum Gasteiger partial charge on any atom is 0.241 e. The van der Waals surface area contributed by atoms with Gasteiger partial charge in [-0.3, -0.25) is 0 Å². The van der Waals surface area contributed by atoms with Crippen molar-refractivity contribution in [2.24, 2.45) is 11.3 Å². The lowest BCUT2D eigenvalue weighted by molar-refractivity contribution is 0.0541. The molecule has 1 unspecified atom stereocenters. The Balaban J connectivity index is 2.62. The van der Waals surface area contributed by atoms with Crippen molar-refractivity contribution in [1.82, 2.24) is 4.90 Å². The molecule has 0 aromatic rings. The summed E-state index contributed by atoms with van der Waals surface area (Å²) in [5.74, 6) is -0.403. The van der Waals surface area contributed by atoms with Crippen molar-refractivity contribution in [3.8, 4) is 0 Å². The number of nitrogens with zero attached hydrogens (tertiary/aromatic N) is 1. The zero-order chi connectivity index (χ0) is 10.1. The fraction of sp³-hybridized carbons (Fsp3) is 1.00. The van der Waals surface area contributed by atoms with Gasteiger partial charge in [-0.25, -0.2) is 8.78 Å². The first-order valence-corrected chi connectivity index (χ1v) is 4.87. The summed E-state index contributed by atoms with van der Waals surface area (Å²) >= 11 is 0. The van der Waals surface area contributed by atoms with Crippen molar-refractivity contribution in [3.63, 3.8) is 0 Å². The molecule has 1 aliphatic rings. The summed E-state index contributed by atoms with van der Waals surface area (Å²) in [6.45, 7) is 5.88. The van der Waals surface area contributed by atoms with E-state index in [4.69, 9.17) is 0 Å². The van der Waals surface area contributed by atoms with Gasteiger partial charge < -0.3 is 4.90 Å². The molecule has 0 aliphatic carbocycles. The SMILES string of the molecule is CN1CCC(C(F)F)CC(C)(C)C1. The molecule has 0 bridgehead atoms. The van der Waals surface area contributed by atoms with Crippen molar-refractivity contribution >= 4 is 0 Å². The van der Waals surface area contributed by atoms with E-state index in [9.17, 15) is 8.78 Å². The van der Waals surface area contributed by atoms with Gasteiger partial charge in [0.15, 0.2) is 0 Å². The van der Waals surface area contributed by atoms with Crippen LogP contribution in [0, 0.1) is 11.3 Å². The van der Waals surface area contributed by atoms with Gasteiger partial charge in [-0.05, 0) is 31.8 Å². The van der Waals surface area contributed by atoms with Crippen LogP contribution in [0.25, 0.3) is 0 Å². The van der Waals surface area contributed by atoms with E-state index < -0.39 is 12.3 Å². The van der Waals surface area contributed by atoms with Crippen molar-refractivity contribution in [3.05, 3.63) is 0 Å². The summed E-state index contributed by atoms with van der Waals surface area (Å²) in [4.78, 5) is 2.16. The number of rotatable bonds is 1. The second-order valence-electron chi connectivity index (χ2n) is 4.99. The van der Waals surface area contributed by atoms with Crippen LogP contribution in [0.5, 0.6) is 0 Å². The molecule has 1 aliphatic heterocycles. The molecule has 3 heteroatoms. The lowest BCUT2D eigenvalue weighted by Crippen LogP contribution is -2.29. The fourth-order valence-corrected chi connectivity index (χ4v) is 2.29. The molecule has 0 radical (unpaired) electrons. The Labute approximate surface area is 79.1 Å². The maximum atomic E-state index is 12.6. The molecule has 78 valence electrons. The smallest absolute Gasteiger partial charge is 0.241 e. The molecule has 1 nitrogen and oxygen atoms in total. The highest BCUT2D eigenvalue weighted by Crippen LogP contribution is 2.34. The summed E-state index contributed by atoms with van der Waals surface area (Å²) in [6, 6.07) is 0. The van der Waals surface area contributed by atoms with Crippen LogP contribution in [0.1, 0.15) is 26.7 Å². The first kappa shape index (κ1) is 10.9. The molecule has 0 spiro atoms. The van der Waals surface area contributed by atoms with Gasteiger partial charge in [0.05, 0.1) is 0 Å². The van der Waals surface area contributed by atoms with Crippen molar-refractivity contribution < 1.29 is 8.78 Å². The standard InChI is InChI=1S/C10H19F2N/c1-10(2)6-8(9(11)12)4-5-13(3)7-10/h8-9H,4-7H2,1-3H3. The Bertz CT molecular complexity index is 168. The predicted octanol–water partition coefficient (Wildman–Crippen LogP) is 2.62. The van der Waals surface area contributed by atoms with E-state index in [0.29, 0.717) is 12.8 Å². The number of likely N-dealkylation sites (tertiary alicyclic amines) is 1. The zero-order valence-electron chi connectivity index (χ0n) is 8.69. The van der Waals surface area contributed by atoms with E-state index in [1.54, 1.807) is 0 Å². The van der Waals surface area contributed by atoms with Crippen LogP contribution in [-0.2, 0) is 0 Å². The van der Waals surface area contributed by atoms with Crippen molar-refractivity contribution in [2.45, 2.75) is 33.1 Å². The average Bonchev–Trinajstić information content (AvgIpc) is 2.07. The first-order valence-electron chi connectivity index (χ1n) is 4.87. The van der Waals surface area contributed by atoms with E-state index >= 15 is 0 Å². The Morgan fingerprint density at radius 1 is 1.38 bits per heavy atom. The molecule has 1 fully saturated rings. The van der Waals surface area contributed by atoms with Crippen LogP contribution in [0.2, 0.25) is 0 Å². The molecular weight excluding hydrogens is 172 g/mol. The summed E-state index contributed by atoms with van der Waals surface area (Å²) < 4.78 is 25.1. The van der Waals surface area contributed by atoms with E-state index in [-0.39, 0.29) is 5.41 Å². The monoisotopic (exact) mass is 191 g/mol. The van der Waals surface area contributed by atoms with Gasteiger partial charge in [0.25, 0.3) is 0 Å². The van der Waals surface area contributed by atoms with Crippen LogP contribution >= 0.6 is 0 Å². The molecule has 0 N–H and O–H groups in total. The first-order chi connectivity index (χ1) is 5.91. The third-order valence-corrected chi connectivity index (χ3v) is 2.75. The summed E-state index contributed by atoms with van der Waals surface area (Å²) in [6.07, 6.45) is -0.863. The Morgan fingerprint density at radius 2 is 2.00 bits per heavy atom. The number of alkyl halides is 2. The second kappa shape index (κ2) is 3.91. The van der Waals surface area contributed by atoms with Gasteiger partial charge in [0.1, 0.15) is 0 Å². The molecule has 0 amide bonds. The largest absolute Gasteiger partial charge is 0.306 e.